The maximum absolute atomic E-state index is 13.9. The van der Waals surface area contributed by atoms with Gasteiger partial charge in [-0.25, -0.2) is 4.79 Å². The van der Waals surface area contributed by atoms with E-state index in [9.17, 15) is 24.3 Å². The molecule has 38 heavy (non-hydrogen) atoms. The predicted octanol–water partition coefficient (Wildman–Crippen LogP) is 3.15. The number of phenols is 1. The van der Waals surface area contributed by atoms with Crippen molar-refractivity contribution in [1.29, 1.82) is 0 Å². The molecule has 4 amide bonds. The quantitative estimate of drug-likeness (QED) is 0.334. The molecule has 5 N–H and O–H groups in total. The zero-order chi connectivity index (χ0) is 28.3. The molecule has 0 heterocycles. The van der Waals surface area contributed by atoms with Crippen LogP contribution < -0.4 is 16.4 Å². The van der Waals surface area contributed by atoms with Gasteiger partial charge in [-0.15, -0.1) is 0 Å². The average Bonchev–Trinajstić information content (AvgIpc) is 2.83. The number of unbranched alkanes of at least 4 members (excludes halogenated alkanes) is 1. The Hall–Kier alpha value is -4.08. The summed E-state index contributed by atoms with van der Waals surface area (Å²) in [5.41, 5.74) is 5.79. The Bertz CT molecular complexity index is 1100. The first kappa shape index (κ1) is 30.1. The van der Waals surface area contributed by atoms with Crippen molar-refractivity contribution in [1.82, 2.24) is 15.5 Å². The van der Waals surface area contributed by atoms with Crippen LogP contribution in [0, 0.1) is 0 Å². The molecule has 0 aliphatic carbocycles. The Kier molecular flexibility index (Phi) is 11.1. The summed E-state index contributed by atoms with van der Waals surface area (Å²) < 4.78 is 5.27. The van der Waals surface area contributed by atoms with Crippen LogP contribution in [0.2, 0.25) is 0 Å². The van der Waals surface area contributed by atoms with Crippen LogP contribution in [0.25, 0.3) is 0 Å². The second-order valence-electron chi connectivity index (χ2n) is 9.96. The van der Waals surface area contributed by atoms with Crippen molar-refractivity contribution in [2.45, 2.75) is 71.2 Å². The lowest BCUT2D eigenvalue weighted by atomic mass is 10.0. The monoisotopic (exact) mass is 526 g/mol. The van der Waals surface area contributed by atoms with E-state index in [2.05, 4.69) is 10.6 Å². The summed E-state index contributed by atoms with van der Waals surface area (Å²) in [5.74, 6) is -2.05. The summed E-state index contributed by atoms with van der Waals surface area (Å²) in [6, 6.07) is 12.8. The molecule has 0 aromatic heterocycles. The van der Waals surface area contributed by atoms with Crippen LogP contribution in [0.1, 0.15) is 64.1 Å². The van der Waals surface area contributed by atoms with Crippen molar-refractivity contribution in [3.05, 3.63) is 65.7 Å². The highest BCUT2D eigenvalue weighted by Crippen LogP contribution is 2.26. The summed E-state index contributed by atoms with van der Waals surface area (Å²) in [6.45, 7) is 7.30. The van der Waals surface area contributed by atoms with Crippen molar-refractivity contribution in [2.24, 2.45) is 5.73 Å². The largest absolute Gasteiger partial charge is 0.508 e. The minimum atomic E-state index is -1.36. The Morgan fingerprint density at radius 1 is 1.05 bits per heavy atom. The van der Waals surface area contributed by atoms with Crippen LogP contribution in [0.5, 0.6) is 5.75 Å². The maximum atomic E-state index is 13.9. The van der Waals surface area contributed by atoms with Crippen molar-refractivity contribution in [3.63, 3.8) is 0 Å². The average molecular weight is 527 g/mol. The second-order valence-corrected chi connectivity index (χ2v) is 9.96. The molecule has 10 nitrogen and oxygen atoms in total. The number of ether oxygens (including phenoxy) is 1. The van der Waals surface area contributed by atoms with Gasteiger partial charge in [0.1, 0.15) is 23.4 Å². The van der Waals surface area contributed by atoms with Gasteiger partial charge in [-0.05, 0) is 50.5 Å². The number of carbonyl (C=O) groups excluding carboxylic acids is 4. The van der Waals surface area contributed by atoms with Gasteiger partial charge < -0.3 is 31.1 Å². The Labute approximate surface area is 223 Å². The van der Waals surface area contributed by atoms with Gasteiger partial charge in [0.05, 0.1) is 6.42 Å². The smallest absolute Gasteiger partial charge is 0.408 e. The number of alkyl carbamates (subject to hydrolysis) is 1. The van der Waals surface area contributed by atoms with Gasteiger partial charge in [0, 0.05) is 13.1 Å². The molecule has 10 heteroatoms. The van der Waals surface area contributed by atoms with Gasteiger partial charge in [0.15, 0.2) is 0 Å². The highest BCUT2D eigenvalue weighted by Gasteiger charge is 2.36. The van der Waals surface area contributed by atoms with E-state index in [4.69, 9.17) is 10.5 Å². The molecule has 2 unspecified atom stereocenters. The molecule has 0 aliphatic heterocycles. The van der Waals surface area contributed by atoms with Crippen LogP contribution in [-0.4, -0.2) is 52.0 Å². The van der Waals surface area contributed by atoms with Crippen LogP contribution in [0.4, 0.5) is 4.79 Å². The van der Waals surface area contributed by atoms with Gasteiger partial charge >= 0.3 is 6.09 Å². The molecule has 0 aliphatic rings. The second kappa shape index (κ2) is 14.0. The number of carbonyl (C=O) groups is 4. The lowest BCUT2D eigenvalue weighted by molar-refractivity contribution is -0.143. The number of amides is 4. The van der Waals surface area contributed by atoms with Gasteiger partial charge in [0.25, 0.3) is 0 Å². The predicted molar refractivity (Wildman–Crippen MR) is 143 cm³/mol. The summed E-state index contributed by atoms with van der Waals surface area (Å²) in [6.07, 6.45) is -0.126. The molecule has 0 saturated heterocycles. The number of aromatic hydroxyl groups is 1. The van der Waals surface area contributed by atoms with Crippen LogP contribution in [0.15, 0.2) is 54.6 Å². The third kappa shape index (κ3) is 9.76. The topological polar surface area (TPSA) is 151 Å². The fourth-order valence-electron chi connectivity index (χ4n) is 3.80. The number of nitrogens with two attached hydrogens (primary N) is 1. The highest BCUT2D eigenvalue weighted by molar-refractivity contribution is 5.94. The summed E-state index contributed by atoms with van der Waals surface area (Å²) >= 11 is 0. The van der Waals surface area contributed by atoms with Gasteiger partial charge in [0.2, 0.25) is 17.7 Å². The number of nitrogens with one attached hydrogen (secondary N) is 2. The van der Waals surface area contributed by atoms with E-state index in [0.29, 0.717) is 18.4 Å². The molecule has 206 valence electrons. The molecule has 2 rings (SSSR count). The third-order valence-electron chi connectivity index (χ3n) is 5.49. The number of hydrogen-bond acceptors (Lipinski definition) is 6. The van der Waals surface area contributed by atoms with E-state index < -0.39 is 47.9 Å². The number of rotatable bonds is 12. The molecule has 0 saturated carbocycles. The zero-order valence-corrected chi connectivity index (χ0v) is 22.4. The third-order valence-corrected chi connectivity index (χ3v) is 5.49. The Morgan fingerprint density at radius 3 is 2.32 bits per heavy atom. The fraction of sp³-hybridized carbons (Fsp3) is 0.429. The molecule has 0 spiro atoms. The molecular weight excluding hydrogens is 488 g/mol. The van der Waals surface area contributed by atoms with Crippen LogP contribution >= 0.6 is 0 Å². The molecule has 0 radical (unpaired) electrons. The van der Waals surface area contributed by atoms with Crippen LogP contribution in [0.3, 0.4) is 0 Å². The first-order valence-electron chi connectivity index (χ1n) is 12.6. The first-order valence-corrected chi connectivity index (χ1v) is 12.6. The standard InChI is InChI=1S/C28H38N4O6/c1-5-6-15-32(26(36)22(17-23(29)34)31-27(37)38-28(2,3)4)24(20-13-10-14-21(33)16-20)25(35)30-18-19-11-8-7-9-12-19/h7-14,16,22,24,33H,5-6,15,17-18H2,1-4H3,(H2,29,34)(H,30,35)(H,31,37). The van der Waals surface area contributed by atoms with Gasteiger partial charge in [-0.2, -0.15) is 0 Å². The van der Waals surface area contributed by atoms with E-state index in [1.54, 1.807) is 32.9 Å². The van der Waals surface area contributed by atoms with Gasteiger partial charge in [-0.3, -0.25) is 14.4 Å². The van der Waals surface area contributed by atoms with E-state index in [0.717, 1.165) is 5.56 Å². The van der Waals surface area contributed by atoms with Crippen molar-refractivity contribution >= 4 is 23.8 Å². The first-order chi connectivity index (χ1) is 17.9. The number of phenolic OH excluding ortho intramolecular Hbond substituents is 1. The van der Waals surface area contributed by atoms with E-state index >= 15 is 0 Å². The minimum absolute atomic E-state index is 0.0770. The van der Waals surface area contributed by atoms with E-state index in [1.807, 2.05) is 37.3 Å². The number of nitrogens with zero attached hydrogens (tertiary/aromatic N) is 1. The molecule has 2 aromatic carbocycles. The van der Waals surface area contributed by atoms with Crippen molar-refractivity contribution < 1.29 is 29.0 Å². The highest BCUT2D eigenvalue weighted by atomic mass is 16.6. The number of benzene rings is 2. The summed E-state index contributed by atoms with van der Waals surface area (Å²) in [7, 11) is 0. The summed E-state index contributed by atoms with van der Waals surface area (Å²) in [5, 5.41) is 15.4. The number of primary amides is 1. The minimum Gasteiger partial charge on any atom is -0.508 e. The molecule has 0 fully saturated rings. The lowest BCUT2D eigenvalue weighted by Crippen LogP contribution is -2.54. The number of hydrogen-bond donors (Lipinski definition) is 4. The molecule has 0 bridgehead atoms. The summed E-state index contributed by atoms with van der Waals surface area (Å²) in [4.78, 5) is 53.1. The molecule has 2 atom stereocenters. The molecular formula is C28H38N4O6. The Balaban J connectivity index is 2.46. The fourth-order valence-corrected chi connectivity index (χ4v) is 3.80. The maximum Gasteiger partial charge on any atom is 0.408 e. The van der Waals surface area contributed by atoms with Gasteiger partial charge in [-0.1, -0.05) is 55.8 Å². The van der Waals surface area contributed by atoms with E-state index in [-0.39, 0.29) is 18.8 Å². The Morgan fingerprint density at radius 2 is 1.74 bits per heavy atom. The molecule has 2 aromatic rings. The lowest BCUT2D eigenvalue weighted by Gasteiger charge is -2.34. The van der Waals surface area contributed by atoms with Crippen molar-refractivity contribution in [3.8, 4) is 5.75 Å². The van der Waals surface area contributed by atoms with Crippen LogP contribution in [-0.2, 0) is 25.7 Å². The van der Waals surface area contributed by atoms with Crippen molar-refractivity contribution in [2.75, 3.05) is 6.54 Å². The normalized spacial score (nSPS) is 12.6. The van der Waals surface area contributed by atoms with E-state index in [1.165, 1.54) is 17.0 Å². The zero-order valence-electron chi connectivity index (χ0n) is 22.4. The SMILES string of the molecule is CCCCN(C(=O)C(CC(N)=O)NC(=O)OC(C)(C)C)C(C(=O)NCc1ccccc1)c1cccc(O)c1.